The molecule has 0 radical (unpaired) electrons. The second kappa shape index (κ2) is 6.36. The van der Waals surface area contributed by atoms with E-state index in [1.165, 1.54) is 18.2 Å². The first-order valence-electron chi connectivity index (χ1n) is 7.81. The van der Waals surface area contributed by atoms with Gasteiger partial charge < -0.3 is 19.7 Å². The Morgan fingerprint density at radius 3 is 2.36 bits per heavy atom. The molecule has 3 N–H and O–H groups in total. The van der Waals surface area contributed by atoms with Crippen LogP contribution in [0.4, 0.5) is 0 Å². The lowest BCUT2D eigenvalue weighted by atomic mass is 9.99. The molecule has 0 amide bonds. The van der Waals surface area contributed by atoms with Gasteiger partial charge >= 0.3 is 0 Å². The molecule has 3 aromatic rings. The standard InChI is InChI=1S/C20H18O5/c1-11(2)3-8-16-18(12-4-6-13(21)7-5-12)20(24)19-15(23)9-14(22)10-17(19)25-16/h3-7,9-10,21-23H,8H2,1-2H3. The van der Waals surface area contributed by atoms with Gasteiger partial charge in [0.25, 0.3) is 0 Å². The van der Waals surface area contributed by atoms with Crippen LogP contribution in [0.5, 0.6) is 17.2 Å². The zero-order valence-corrected chi connectivity index (χ0v) is 13.9. The van der Waals surface area contributed by atoms with Crippen molar-refractivity contribution in [1.82, 2.24) is 0 Å². The molecule has 0 aliphatic carbocycles. The first kappa shape index (κ1) is 16.6. The van der Waals surface area contributed by atoms with Crippen LogP contribution < -0.4 is 5.43 Å². The first-order chi connectivity index (χ1) is 11.9. The summed E-state index contributed by atoms with van der Waals surface area (Å²) in [6.07, 6.45) is 2.32. The lowest BCUT2D eigenvalue weighted by molar-refractivity contribution is 0.451. The second-order valence-corrected chi connectivity index (χ2v) is 6.10. The average molecular weight is 338 g/mol. The zero-order valence-electron chi connectivity index (χ0n) is 13.9. The number of allylic oxidation sites excluding steroid dienone is 2. The zero-order chi connectivity index (χ0) is 18.1. The molecule has 1 aromatic heterocycles. The predicted molar refractivity (Wildman–Crippen MR) is 96.0 cm³/mol. The van der Waals surface area contributed by atoms with Gasteiger partial charge in [0, 0.05) is 18.6 Å². The van der Waals surface area contributed by atoms with Crippen molar-refractivity contribution < 1.29 is 19.7 Å². The van der Waals surface area contributed by atoms with Crippen LogP contribution in [-0.2, 0) is 6.42 Å². The number of benzene rings is 2. The summed E-state index contributed by atoms with van der Waals surface area (Å²) in [4.78, 5) is 13.0. The Morgan fingerprint density at radius 1 is 1.04 bits per heavy atom. The average Bonchev–Trinajstić information content (AvgIpc) is 2.53. The third kappa shape index (κ3) is 3.21. The molecular formula is C20H18O5. The Hall–Kier alpha value is -3.21. The van der Waals surface area contributed by atoms with Crippen molar-refractivity contribution in [1.29, 1.82) is 0 Å². The molecule has 2 aromatic carbocycles. The quantitative estimate of drug-likeness (QED) is 0.626. The molecule has 0 spiro atoms. The highest BCUT2D eigenvalue weighted by atomic mass is 16.3. The summed E-state index contributed by atoms with van der Waals surface area (Å²) in [5.41, 5.74) is 1.71. The van der Waals surface area contributed by atoms with E-state index >= 15 is 0 Å². The molecule has 0 saturated heterocycles. The van der Waals surface area contributed by atoms with E-state index in [1.54, 1.807) is 12.1 Å². The fraction of sp³-hybridized carbons (Fsp3) is 0.150. The second-order valence-electron chi connectivity index (χ2n) is 6.10. The van der Waals surface area contributed by atoms with E-state index in [0.29, 0.717) is 23.3 Å². The van der Waals surface area contributed by atoms with Gasteiger partial charge in [-0.2, -0.15) is 0 Å². The summed E-state index contributed by atoms with van der Waals surface area (Å²) in [5, 5.41) is 29.3. The van der Waals surface area contributed by atoms with Gasteiger partial charge in [-0.25, -0.2) is 0 Å². The van der Waals surface area contributed by atoms with E-state index < -0.39 is 0 Å². The normalized spacial score (nSPS) is 10.8. The summed E-state index contributed by atoms with van der Waals surface area (Å²) in [6.45, 7) is 3.88. The number of aromatic hydroxyl groups is 3. The van der Waals surface area contributed by atoms with Crippen LogP contribution in [-0.4, -0.2) is 15.3 Å². The minimum Gasteiger partial charge on any atom is -0.508 e. The molecule has 0 atom stereocenters. The third-order valence-corrected chi connectivity index (χ3v) is 3.88. The molecule has 3 rings (SSSR count). The highest BCUT2D eigenvalue weighted by Crippen LogP contribution is 2.32. The molecule has 25 heavy (non-hydrogen) atoms. The van der Waals surface area contributed by atoms with Gasteiger partial charge in [-0.3, -0.25) is 4.79 Å². The topological polar surface area (TPSA) is 90.9 Å². The van der Waals surface area contributed by atoms with Crippen molar-refractivity contribution in [3.8, 4) is 28.4 Å². The van der Waals surface area contributed by atoms with Gasteiger partial charge in [-0.1, -0.05) is 23.8 Å². The highest BCUT2D eigenvalue weighted by molar-refractivity contribution is 5.89. The minimum atomic E-state index is -0.387. The van der Waals surface area contributed by atoms with Crippen LogP contribution in [0.2, 0.25) is 0 Å². The predicted octanol–water partition coefficient (Wildman–Crippen LogP) is 4.09. The van der Waals surface area contributed by atoms with Crippen molar-refractivity contribution in [2.24, 2.45) is 0 Å². The molecule has 0 saturated carbocycles. The summed E-state index contributed by atoms with van der Waals surface area (Å²) in [7, 11) is 0. The van der Waals surface area contributed by atoms with Crippen molar-refractivity contribution >= 4 is 11.0 Å². The Balaban J connectivity index is 2.36. The molecule has 0 unspecified atom stereocenters. The highest BCUT2D eigenvalue weighted by Gasteiger charge is 2.18. The van der Waals surface area contributed by atoms with Crippen LogP contribution >= 0.6 is 0 Å². The van der Waals surface area contributed by atoms with Gasteiger partial charge in [-0.15, -0.1) is 0 Å². The van der Waals surface area contributed by atoms with E-state index in [2.05, 4.69) is 0 Å². The minimum absolute atomic E-state index is 0.0156. The summed E-state index contributed by atoms with van der Waals surface area (Å²) < 4.78 is 5.84. The Kier molecular flexibility index (Phi) is 4.23. The number of fused-ring (bicyclic) bond motifs is 1. The molecule has 5 heteroatoms. The van der Waals surface area contributed by atoms with Gasteiger partial charge in [0.1, 0.15) is 34.0 Å². The molecule has 0 aliphatic heterocycles. The fourth-order valence-electron chi connectivity index (χ4n) is 2.69. The number of rotatable bonds is 3. The number of hydrogen-bond acceptors (Lipinski definition) is 5. The lowest BCUT2D eigenvalue weighted by Crippen LogP contribution is -2.09. The Labute approximate surface area is 144 Å². The molecule has 128 valence electrons. The number of hydrogen-bond donors (Lipinski definition) is 3. The maximum Gasteiger partial charge on any atom is 0.204 e. The summed E-state index contributed by atoms with van der Waals surface area (Å²) >= 11 is 0. The summed E-state index contributed by atoms with van der Waals surface area (Å²) in [6, 6.07) is 8.63. The smallest absolute Gasteiger partial charge is 0.204 e. The largest absolute Gasteiger partial charge is 0.508 e. The van der Waals surface area contributed by atoms with E-state index in [1.807, 2.05) is 19.9 Å². The molecular weight excluding hydrogens is 320 g/mol. The number of phenols is 3. The molecule has 1 heterocycles. The van der Waals surface area contributed by atoms with Gasteiger partial charge in [-0.05, 0) is 31.5 Å². The maximum atomic E-state index is 13.0. The van der Waals surface area contributed by atoms with Crippen molar-refractivity contribution in [3.05, 3.63) is 64.0 Å². The van der Waals surface area contributed by atoms with Crippen LogP contribution in [0, 0.1) is 0 Å². The molecule has 0 bridgehead atoms. The lowest BCUT2D eigenvalue weighted by Gasteiger charge is -2.10. The van der Waals surface area contributed by atoms with E-state index in [-0.39, 0.29) is 33.6 Å². The van der Waals surface area contributed by atoms with Crippen LogP contribution in [0.25, 0.3) is 22.1 Å². The fourth-order valence-corrected chi connectivity index (χ4v) is 2.69. The molecule has 0 aliphatic rings. The van der Waals surface area contributed by atoms with Gasteiger partial charge in [0.2, 0.25) is 5.43 Å². The SMILES string of the molecule is CC(C)=CCc1oc2cc(O)cc(O)c2c(=O)c1-c1ccc(O)cc1. The molecule has 5 nitrogen and oxygen atoms in total. The Bertz CT molecular complexity index is 1020. The number of phenolic OH excluding ortho intramolecular Hbond substituents is 3. The summed E-state index contributed by atoms with van der Waals surface area (Å²) in [5.74, 6) is -0.00169. The van der Waals surface area contributed by atoms with Crippen LogP contribution in [0.3, 0.4) is 0 Å². The van der Waals surface area contributed by atoms with Crippen molar-refractivity contribution in [3.63, 3.8) is 0 Å². The van der Waals surface area contributed by atoms with Crippen molar-refractivity contribution in [2.45, 2.75) is 20.3 Å². The van der Waals surface area contributed by atoms with E-state index in [0.717, 1.165) is 11.6 Å². The molecule has 0 fully saturated rings. The van der Waals surface area contributed by atoms with Crippen LogP contribution in [0.15, 0.2) is 57.3 Å². The monoisotopic (exact) mass is 338 g/mol. The maximum absolute atomic E-state index is 13.0. The van der Waals surface area contributed by atoms with Gasteiger partial charge in [0.15, 0.2) is 0 Å². The van der Waals surface area contributed by atoms with E-state index in [4.69, 9.17) is 4.42 Å². The third-order valence-electron chi connectivity index (χ3n) is 3.88. The Morgan fingerprint density at radius 2 is 1.72 bits per heavy atom. The van der Waals surface area contributed by atoms with E-state index in [9.17, 15) is 20.1 Å². The van der Waals surface area contributed by atoms with Crippen molar-refractivity contribution in [2.75, 3.05) is 0 Å². The first-order valence-corrected chi connectivity index (χ1v) is 7.81. The van der Waals surface area contributed by atoms with Crippen LogP contribution in [0.1, 0.15) is 19.6 Å². The van der Waals surface area contributed by atoms with Gasteiger partial charge in [0.05, 0.1) is 5.56 Å².